The summed E-state index contributed by atoms with van der Waals surface area (Å²) in [6.45, 7) is 1.60. The van der Waals surface area contributed by atoms with E-state index < -0.39 is 11.9 Å². The lowest BCUT2D eigenvalue weighted by molar-refractivity contribution is -0.138. The van der Waals surface area contributed by atoms with Crippen molar-refractivity contribution in [1.29, 1.82) is 0 Å². The first-order valence-electron chi connectivity index (χ1n) is 5.40. The number of benzene rings is 1. The standard InChI is InChI=1S/C13H12ClNO3/c1-7(13(16)17)8-3-5-10-9(12(8)14)4-6-11(15-10)18-2/h3-7H,1-2H3,(H,16,17). The van der Waals surface area contributed by atoms with Crippen LogP contribution in [-0.4, -0.2) is 23.2 Å². The summed E-state index contributed by atoms with van der Waals surface area (Å²) in [6, 6.07) is 6.92. The zero-order valence-electron chi connectivity index (χ0n) is 9.98. The topological polar surface area (TPSA) is 59.4 Å². The first-order chi connectivity index (χ1) is 8.54. The van der Waals surface area contributed by atoms with Crippen molar-refractivity contribution in [3.05, 3.63) is 34.9 Å². The highest BCUT2D eigenvalue weighted by molar-refractivity contribution is 6.36. The fourth-order valence-electron chi connectivity index (χ4n) is 1.75. The van der Waals surface area contributed by atoms with Crippen molar-refractivity contribution in [3.63, 3.8) is 0 Å². The molecule has 0 radical (unpaired) electrons. The van der Waals surface area contributed by atoms with Gasteiger partial charge in [0, 0.05) is 11.5 Å². The molecular weight excluding hydrogens is 254 g/mol. The van der Waals surface area contributed by atoms with E-state index in [1.165, 1.54) is 7.11 Å². The third-order valence-electron chi connectivity index (χ3n) is 2.86. The van der Waals surface area contributed by atoms with Gasteiger partial charge in [0.05, 0.1) is 23.6 Å². The SMILES string of the molecule is COc1ccc2c(Cl)c(C(C)C(=O)O)ccc2n1. The van der Waals surface area contributed by atoms with E-state index in [2.05, 4.69) is 4.98 Å². The van der Waals surface area contributed by atoms with Crippen LogP contribution in [0.4, 0.5) is 0 Å². The number of pyridine rings is 1. The zero-order chi connectivity index (χ0) is 13.3. The lowest BCUT2D eigenvalue weighted by atomic mass is 9.99. The third kappa shape index (κ3) is 2.11. The first-order valence-corrected chi connectivity index (χ1v) is 5.78. The molecule has 1 N–H and O–H groups in total. The van der Waals surface area contributed by atoms with Gasteiger partial charge in [-0.05, 0) is 24.6 Å². The molecule has 0 saturated carbocycles. The van der Waals surface area contributed by atoms with E-state index in [9.17, 15) is 4.79 Å². The molecule has 4 nitrogen and oxygen atoms in total. The molecular formula is C13H12ClNO3. The quantitative estimate of drug-likeness (QED) is 0.926. The van der Waals surface area contributed by atoms with Crippen molar-refractivity contribution >= 4 is 28.5 Å². The fourth-order valence-corrected chi connectivity index (χ4v) is 2.13. The van der Waals surface area contributed by atoms with E-state index in [0.717, 1.165) is 5.39 Å². The molecule has 0 aliphatic heterocycles. The van der Waals surface area contributed by atoms with Gasteiger partial charge < -0.3 is 9.84 Å². The van der Waals surface area contributed by atoms with Crippen molar-refractivity contribution in [3.8, 4) is 5.88 Å². The Bertz CT molecular complexity index is 612. The number of hydrogen-bond donors (Lipinski definition) is 1. The van der Waals surface area contributed by atoms with Gasteiger partial charge >= 0.3 is 5.97 Å². The molecule has 0 aliphatic carbocycles. The fraction of sp³-hybridized carbons (Fsp3) is 0.231. The second-order valence-corrected chi connectivity index (χ2v) is 4.33. The third-order valence-corrected chi connectivity index (χ3v) is 3.28. The molecule has 0 amide bonds. The second-order valence-electron chi connectivity index (χ2n) is 3.95. The average molecular weight is 266 g/mol. The van der Waals surface area contributed by atoms with Crippen LogP contribution in [0.15, 0.2) is 24.3 Å². The minimum atomic E-state index is -0.905. The molecule has 5 heteroatoms. The summed E-state index contributed by atoms with van der Waals surface area (Å²) in [5.41, 5.74) is 1.27. The van der Waals surface area contributed by atoms with Crippen LogP contribution in [0.5, 0.6) is 5.88 Å². The normalized spacial score (nSPS) is 12.4. The number of carbonyl (C=O) groups is 1. The molecule has 0 saturated heterocycles. The van der Waals surface area contributed by atoms with Crippen molar-refractivity contribution in [1.82, 2.24) is 4.98 Å². The van der Waals surface area contributed by atoms with Gasteiger partial charge in [0.1, 0.15) is 0 Å². The van der Waals surface area contributed by atoms with Crippen molar-refractivity contribution < 1.29 is 14.6 Å². The van der Waals surface area contributed by atoms with Crippen molar-refractivity contribution in [2.75, 3.05) is 7.11 Å². The van der Waals surface area contributed by atoms with Gasteiger partial charge in [-0.1, -0.05) is 17.7 Å². The molecule has 1 aromatic heterocycles. The molecule has 2 rings (SSSR count). The van der Waals surface area contributed by atoms with E-state index in [0.29, 0.717) is 22.0 Å². The van der Waals surface area contributed by atoms with E-state index in [1.807, 2.05) is 0 Å². The number of aliphatic carboxylic acids is 1. The number of carboxylic acid groups (broad SMARTS) is 1. The summed E-state index contributed by atoms with van der Waals surface area (Å²) in [5, 5.41) is 10.2. The maximum Gasteiger partial charge on any atom is 0.310 e. The summed E-state index contributed by atoms with van der Waals surface area (Å²) < 4.78 is 5.03. The van der Waals surface area contributed by atoms with Gasteiger partial charge in [-0.25, -0.2) is 4.98 Å². The summed E-state index contributed by atoms with van der Waals surface area (Å²) in [7, 11) is 1.54. The van der Waals surface area contributed by atoms with Crippen LogP contribution in [0.2, 0.25) is 5.02 Å². The maximum atomic E-state index is 11.0. The molecule has 0 bridgehead atoms. The van der Waals surface area contributed by atoms with Gasteiger partial charge in [-0.2, -0.15) is 0 Å². The number of hydrogen-bond acceptors (Lipinski definition) is 3. The number of rotatable bonds is 3. The van der Waals surface area contributed by atoms with Crippen LogP contribution in [-0.2, 0) is 4.79 Å². The Kier molecular flexibility index (Phi) is 3.39. The number of ether oxygens (including phenoxy) is 1. The Morgan fingerprint density at radius 1 is 1.39 bits per heavy atom. The van der Waals surface area contributed by atoms with Crippen LogP contribution >= 0.6 is 11.6 Å². The summed E-state index contributed by atoms with van der Waals surface area (Å²) in [5.74, 6) is -1.06. The molecule has 1 heterocycles. The highest BCUT2D eigenvalue weighted by atomic mass is 35.5. The minimum Gasteiger partial charge on any atom is -0.481 e. The molecule has 0 spiro atoms. The second kappa shape index (κ2) is 4.82. The van der Waals surface area contributed by atoms with Gasteiger partial charge in [0.15, 0.2) is 0 Å². The molecule has 1 unspecified atom stereocenters. The minimum absolute atomic E-state index is 0.428. The molecule has 94 valence electrons. The van der Waals surface area contributed by atoms with Gasteiger partial charge in [0.2, 0.25) is 5.88 Å². The van der Waals surface area contributed by atoms with Crippen LogP contribution in [0, 0.1) is 0 Å². The monoisotopic (exact) mass is 265 g/mol. The van der Waals surface area contributed by atoms with Crippen molar-refractivity contribution in [2.45, 2.75) is 12.8 Å². The van der Waals surface area contributed by atoms with Crippen LogP contribution in [0.25, 0.3) is 10.9 Å². The summed E-state index contributed by atoms with van der Waals surface area (Å²) in [6.07, 6.45) is 0. The zero-order valence-corrected chi connectivity index (χ0v) is 10.7. The molecule has 1 atom stereocenters. The Morgan fingerprint density at radius 2 is 2.11 bits per heavy atom. The van der Waals surface area contributed by atoms with Gasteiger partial charge in [-0.15, -0.1) is 0 Å². The van der Waals surface area contributed by atoms with E-state index in [-0.39, 0.29) is 0 Å². The van der Waals surface area contributed by atoms with Crippen molar-refractivity contribution in [2.24, 2.45) is 0 Å². The highest BCUT2D eigenvalue weighted by Gasteiger charge is 2.18. The Labute approximate surface area is 109 Å². The Morgan fingerprint density at radius 3 is 2.72 bits per heavy atom. The van der Waals surface area contributed by atoms with E-state index >= 15 is 0 Å². The number of carboxylic acids is 1. The predicted octanol–water partition coefficient (Wildman–Crippen LogP) is 3.08. The molecule has 0 fully saturated rings. The first kappa shape index (κ1) is 12.6. The van der Waals surface area contributed by atoms with E-state index in [4.69, 9.17) is 21.4 Å². The number of nitrogens with zero attached hydrogens (tertiary/aromatic N) is 1. The number of halogens is 1. The molecule has 2 aromatic rings. The highest BCUT2D eigenvalue weighted by Crippen LogP contribution is 2.32. The predicted molar refractivity (Wildman–Crippen MR) is 69.4 cm³/mol. The van der Waals surface area contributed by atoms with Crippen LogP contribution in [0.1, 0.15) is 18.4 Å². The summed E-state index contributed by atoms with van der Waals surface area (Å²) >= 11 is 6.23. The van der Waals surface area contributed by atoms with Crippen LogP contribution in [0.3, 0.4) is 0 Å². The lowest BCUT2D eigenvalue weighted by Gasteiger charge is -2.11. The lowest BCUT2D eigenvalue weighted by Crippen LogP contribution is -2.08. The Balaban J connectivity index is 2.61. The molecule has 1 aromatic carbocycles. The largest absolute Gasteiger partial charge is 0.481 e. The molecule has 18 heavy (non-hydrogen) atoms. The van der Waals surface area contributed by atoms with Crippen LogP contribution < -0.4 is 4.74 Å². The smallest absolute Gasteiger partial charge is 0.310 e. The number of fused-ring (bicyclic) bond motifs is 1. The van der Waals surface area contributed by atoms with Gasteiger partial charge in [-0.3, -0.25) is 4.79 Å². The number of aromatic nitrogens is 1. The Hall–Kier alpha value is -1.81. The molecule has 0 aliphatic rings. The van der Waals surface area contributed by atoms with Gasteiger partial charge in [0.25, 0.3) is 0 Å². The summed E-state index contributed by atoms with van der Waals surface area (Å²) in [4.78, 5) is 15.2. The maximum absolute atomic E-state index is 11.0. The number of methoxy groups -OCH3 is 1. The average Bonchev–Trinajstić information content (AvgIpc) is 2.37. The van der Waals surface area contributed by atoms with E-state index in [1.54, 1.807) is 31.2 Å².